The molecule has 4 heteroatoms. The van der Waals surface area contributed by atoms with Gasteiger partial charge in [-0.2, -0.15) is 0 Å². The largest absolute Gasteiger partial charge is 0.375 e. The third-order valence-electron chi connectivity index (χ3n) is 1.93. The number of hydrogen-bond donors (Lipinski definition) is 1. The maximum absolute atomic E-state index is 5.41. The quantitative estimate of drug-likeness (QED) is 0.525. The highest BCUT2D eigenvalue weighted by Crippen LogP contribution is 2.04. The molecule has 0 aromatic heterocycles. The van der Waals surface area contributed by atoms with Crippen molar-refractivity contribution in [3.63, 3.8) is 0 Å². The van der Waals surface area contributed by atoms with Gasteiger partial charge < -0.3 is 15.0 Å². The van der Waals surface area contributed by atoms with Crippen molar-refractivity contribution in [1.29, 1.82) is 0 Å². The van der Waals surface area contributed by atoms with E-state index >= 15 is 0 Å². The zero-order chi connectivity index (χ0) is 9.68. The minimum absolute atomic E-state index is 0.275. The monoisotopic (exact) mass is 200 g/mol. The van der Waals surface area contributed by atoms with Crippen molar-refractivity contribution in [2.45, 2.75) is 13.0 Å². The summed E-state index contributed by atoms with van der Waals surface area (Å²) in [5.74, 6) is 0. The van der Waals surface area contributed by atoms with Crippen LogP contribution in [0.4, 0.5) is 0 Å². The van der Waals surface area contributed by atoms with Crippen LogP contribution < -0.4 is 5.32 Å². The van der Waals surface area contributed by atoms with E-state index in [0.717, 1.165) is 31.4 Å². The Bertz CT molecular complexity index is 196. The van der Waals surface area contributed by atoms with Crippen LogP contribution in [0.15, 0.2) is 12.7 Å². The molecule has 1 fully saturated rings. The summed E-state index contributed by atoms with van der Waals surface area (Å²) in [6, 6.07) is 0. The predicted octanol–water partition coefficient (Wildman–Crippen LogP) is 0.768. The van der Waals surface area contributed by atoms with Crippen LogP contribution in [0.3, 0.4) is 0 Å². The number of hydrogen-bond acceptors (Lipinski definition) is 2. The van der Waals surface area contributed by atoms with E-state index in [0.29, 0.717) is 0 Å². The highest BCUT2D eigenvalue weighted by Gasteiger charge is 2.17. The molecule has 0 bridgehead atoms. The summed E-state index contributed by atoms with van der Waals surface area (Å²) in [7, 11) is 0. The minimum atomic E-state index is 0.275. The third kappa shape index (κ3) is 3.32. The highest BCUT2D eigenvalue weighted by molar-refractivity contribution is 7.80. The number of rotatable bonds is 2. The van der Waals surface area contributed by atoms with E-state index in [1.807, 2.05) is 0 Å². The van der Waals surface area contributed by atoms with E-state index in [2.05, 4.69) is 23.7 Å². The molecule has 1 aliphatic rings. The number of thiocarbonyl (C=S) groups is 1. The lowest BCUT2D eigenvalue weighted by molar-refractivity contribution is 0.00562. The molecule has 1 rings (SSSR count). The molecule has 1 saturated heterocycles. The van der Waals surface area contributed by atoms with Gasteiger partial charge >= 0.3 is 0 Å². The van der Waals surface area contributed by atoms with Crippen LogP contribution in [0, 0.1) is 0 Å². The van der Waals surface area contributed by atoms with Crippen LogP contribution in [0.2, 0.25) is 0 Å². The SMILES string of the molecule is C=CCNC(=S)N1CCOC(C)C1. The van der Waals surface area contributed by atoms with Gasteiger partial charge in [0.2, 0.25) is 0 Å². The average molecular weight is 200 g/mol. The fourth-order valence-electron chi connectivity index (χ4n) is 1.27. The molecule has 1 aliphatic heterocycles. The third-order valence-corrected chi connectivity index (χ3v) is 2.33. The van der Waals surface area contributed by atoms with Gasteiger partial charge in [0.05, 0.1) is 12.7 Å². The zero-order valence-corrected chi connectivity index (χ0v) is 8.77. The van der Waals surface area contributed by atoms with Gasteiger partial charge in [-0.05, 0) is 19.1 Å². The molecule has 3 nitrogen and oxygen atoms in total. The second kappa shape index (κ2) is 5.19. The molecule has 0 aromatic carbocycles. The second-order valence-corrected chi connectivity index (χ2v) is 3.49. The van der Waals surface area contributed by atoms with Crippen molar-refractivity contribution < 1.29 is 4.74 Å². The van der Waals surface area contributed by atoms with Crippen LogP contribution in [0.25, 0.3) is 0 Å². The molecule has 1 unspecified atom stereocenters. The maximum atomic E-state index is 5.41. The van der Waals surface area contributed by atoms with Crippen molar-refractivity contribution in [2.75, 3.05) is 26.2 Å². The molecule has 13 heavy (non-hydrogen) atoms. The first-order chi connectivity index (χ1) is 6.24. The van der Waals surface area contributed by atoms with Crippen molar-refractivity contribution in [1.82, 2.24) is 10.2 Å². The first-order valence-corrected chi connectivity index (χ1v) is 4.90. The lowest BCUT2D eigenvalue weighted by Gasteiger charge is -2.33. The summed E-state index contributed by atoms with van der Waals surface area (Å²) in [5.41, 5.74) is 0. The van der Waals surface area contributed by atoms with Gasteiger partial charge in [0.1, 0.15) is 0 Å². The number of nitrogens with one attached hydrogen (secondary N) is 1. The fourth-order valence-corrected chi connectivity index (χ4v) is 1.52. The molecular formula is C9H16N2OS. The van der Waals surface area contributed by atoms with E-state index in [1.54, 1.807) is 6.08 Å². The van der Waals surface area contributed by atoms with Gasteiger partial charge in [0.15, 0.2) is 5.11 Å². The Morgan fingerprint density at radius 3 is 3.23 bits per heavy atom. The molecule has 0 aromatic rings. The summed E-state index contributed by atoms with van der Waals surface area (Å²) in [6.45, 7) is 8.93. The molecule has 0 saturated carbocycles. The van der Waals surface area contributed by atoms with Crippen molar-refractivity contribution in [2.24, 2.45) is 0 Å². The van der Waals surface area contributed by atoms with Crippen molar-refractivity contribution in [3.05, 3.63) is 12.7 Å². The molecule has 0 radical (unpaired) electrons. The van der Waals surface area contributed by atoms with Crippen LogP contribution in [-0.2, 0) is 4.74 Å². The normalized spacial score (nSPS) is 22.5. The van der Waals surface area contributed by atoms with Gasteiger partial charge in [0.25, 0.3) is 0 Å². The molecule has 0 spiro atoms. The van der Waals surface area contributed by atoms with E-state index in [4.69, 9.17) is 17.0 Å². The topological polar surface area (TPSA) is 24.5 Å². The lowest BCUT2D eigenvalue weighted by Crippen LogP contribution is -2.48. The van der Waals surface area contributed by atoms with Crippen LogP contribution in [-0.4, -0.2) is 42.4 Å². The molecular weight excluding hydrogens is 184 g/mol. The van der Waals surface area contributed by atoms with Gasteiger partial charge in [-0.1, -0.05) is 6.08 Å². The Morgan fingerprint density at radius 1 is 1.85 bits per heavy atom. The van der Waals surface area contributed by atoms with Gasteiger partial charge in [-0.15, -0.1) is 6.58 Å². The number of ether oxygens (including phenoxy) is 1. The maximum Gasteiger partial charge on any atom is 0.169 e. The van der Waals surface area contributed by atoms with Crippen LogP contribution in [0.5, 0.6) is 0 Å². The summed E-state index contributed by atoms with van der Waals surface area (Å²) in [5, 5.41) is 3.91. The predicted molar refractivity (Wildman–Crippen MR) is 57.8 cm³/mol. The lowest BCUT2D eigenvalue weighted by atomic mass is 10.3. The number of morpholine rings is 1. The molecule has 0 aliphatic carbocycles. The van der Waals surface area contributed by atoms with Crippen molar-refractivity contribution >= 4 is 17.3 Å². The van der Waals surface area contributed by atoms with E-state index in [9.17, 15) is 0 Å². The summed E-state index contributed by atoms with van der Waals surface area (Å²) < 4.78 is 5.41. The van der Waals surface area contributed by atoms with Gasteiger partial charge in [-0.3, -0.25) is 0 Å². The fraction of sp³-hybridized carbons (Fsp3) is 0.667. The van der Waals surface area contributed by atoms with Gasteiger partial charge in [0, 0.05) is 19.6 Å². The Labute approximate surface area is 84.7 Å². The molecule has 74 valence electrons. The Balaban J connectivity index is 2.32. The first kappa shape index (κ1) is 10.5. The minimum Gasteiger partial charge on any atom is -0.375 e. The Kier molecular flexibility index (Phi) is 4.18. The number of nitrogens with zero attached hydrogens (tertiary/aromatic N) is 1. The van der Waals surface area contributed by atoms with Crippen LogP contribution in [0.1, 0.15) is 6.92 Å². The van der Waals surface area contributed by atoms with Crippen LogP contribution >= 0.6 is 12.2 Å². The molecule has 1 atom stereocenters. The second-order valence-electron chi connectivity index (χ2n) is 3.10. The highest BCUT2D eigenvalue weighted by atomic mass is 32.1. The Hall–Kier alpha value is -0.610. The smallest absolute Gasteiger partial charge is 0.169 e. The van der Waals surface area contributed by atoms with Crippen molar-refractivity contribution in [3.8, 4) is 0 Å². The average Bonchev–Trinajstić information content (AvgIpc) is 2.14. The molecule has 0 amide bonds. The molecule has 1 N–H and O–H groups in total. The Morgan fingerprint density at radius 2 is 2.62 bits per heavy atom. The standard InChI is InChI=1S/C9H16N2OS/c1-3-4-10-9(13)11-5-6-12-8(2)7-11/h3,8H,1,4-7H2,2H3,(H,10,13). The van der Waals surface area contributed by atoms with E-state index in [-0.39, 0.29) is 6.10 Å². The zero-order valence-electron chi connectivity index (χ0n) is 7.95. The van der Waals surface area contributed by atoms with E-state index in [1.165, 1.54) is 0 Å². The molecule has 1 heterocycles. The first-order valence-electron chi connectivity index (χ1n) is 4.49. The summed E-state index contributed by atoms with van der Waals surface area (Å²) >= 11 is 5.20. The summed E-state index contributed by atoms with van der Waals surface area (Å²) in [6.07, 6.45) is 2.08. The summed E-state index contributed by atoms with van der Waals surface area (Å²) in [4.78, 5) is 2.13. The van der Waals surface area contributed by atoms with Gasteiger partial charge in [-0.25, -0.2) is 0 Å². The van der Waals surface area contributed by atoms with E-state index < -0.39 is 0 Å².